The van der Waals surface area contributed by atoms with Gasteiger partial charge in [0, 0.05) is 25.7 Å². The fourth-order valence-corrected chi connectivity index (χ4v) is 8.40. The van der Waals surface area contributed by atoms with E-state index in [1.165, 1.54) is 10.4 Å². The van der Waals surface area contributed by atoms with Crippen LogP contribution >= 0.6 is 0 Å². The maximum Gasteiger partial charge on any atom is 0.245 e. The maximum absolute atomic E-state index is 13.9. The second-order valence-electron chi connectivity index (χ2n) is 11.9. The molecule has 2 aromatic rings. The first-order valence-corrected chi connectivity index (χ1v) is 16.8. The monoisotopic (exact) mass is 619 g/mol. The van der Waals surface area contributed by atoms with Gasteiger partial charge in [-0.3, -0.25) is 4.79 Å². The third kappa shape index (κ3) is 9.00. The van der Waals surface area contributed by atoms with E-state index in [2.05, 4.69) is 24.3 Å². The van der Waals surface area contributed by atoms with E-state index in [0.29, 0.717) is 46.7 Å². The van der Waals surface area contributed by atoms with Gasteiger partial charge in [-0.25, -0.2) is 12.8 Å². The van der Waals surface area contributed by atoms with Crippen molar-refractivity contribution < 1.29 is 27.1 Å². The summed E-state index contributed by atoms with van der Waals surface area (Å²) in [6, 6.07) is 8.88. The Bertz CT molecular complexity index is 1330. The number of aryl methyl sites for hydroxylation is 1. The van der Waals surface area contributed by atoms with Crippen molar-refractivity contribution in [1.82, 2.24) is 14.5 Å². The molecule has 1 amide bonds. The van der Waals surface area contributed by atoms with E-state index in [-0.39, 0.29) is 37.5 Å². The Morgan fingerprint density at radius 3 is 2.40 bits per heavy atom. The summed E-state index contributed by atoms with van der Waals surface area (Å²) in [7, 11) is 1.95. The van der Waals surface area contributed by atoms with Gasteiger partial charge in [-0.05, 0) is 106 Å². The highest BCUT2D eigenvalue weighted by molar-refractivity contribution is 7.89. The van der Waals surface area contributed by atoms with E-state index in [0.717, 1.165) is 43.2 Å². The van der Waals surface area contributed by atoms with Crippen LogP contribution in [0.5, 0.6) is 5.75 Å². The van der Waals surface area contributed by atoms with Crippen LogP contribution in [0.2, 0.25) is 0 Å². The number of methoxy groups -OCH3 is 1. The van der Waals surface area contributed by atoms with Crippen LogP contribution in [-0.2, 0) is 19.6 Å². The first-order valence-electron chi connectivity index (χ1n) is 15.3. The van der Waals surface area contributed by atoms with E-state index >= 15 is 0 Å². The first kappa shape index (κ1) is 35.0. The molecule has 1 fully saturated rings. The number of benzene rings is 2. The quantitative estimate of drug-likeness (QED) is 0.269. The molecule has 43 heavy (non-hydrogen) atoms. The highest BCUT2D eigenvalue weighted by atomic mass is 32.2. The van der Waals surface area contributed by atoms with Crippen LogP contribution in [0.15, 0.2) is 35.2 Å². The van der Waals surface area contributed by atoms with Gasteiger partial charge in [-0.2, -0.15) is 4.31 Å². The Morgan fingerprint density at radius 1 is 1.09 bits per heavy atom. The minimum Gasteiger partial charge on any atom is -0.496 e. The standard InChI is InChI=1S/C33H50FN3O5S/c1-8-37(43(39,40)33-23(2)20-30(41-7)24(3)25(33)4)18-19-42-22-31(38)35-17-16-26-12-14-27(15-13-26)32(36(5)6)28-10-9-11-29(34)21-28/h9-11,20-21,26-27,32H,8,12-19,22H2,1-7H3,(H,35,38). The molecule has 0 bridgehead atoms. The second-order valence-corrected chi connectivity index (χ2v) is 13.8. The van der Waals surface area contributed by atoms with Crippen LogP contribution in [0.1, 0.15) is 67.3 Å². The fraction of sp³-hybridized carbons (Fsp3) is 0.606. The number of carbonyl (C=O) groups excluding carboxylic acids is 1. The molecule has 1 unspecified atom stereocenters. The Balaban J connectivity index is 1.40. The van der Waals surface area contributed by atoms with E-state index in [1.54, 1.807) is 46.1 Å². The summed E-state index contributed by atoms with van der Waals surface area (Å²) in [6.45, 7) is 8.26. The lowest BCUT2D eigenvalue weighted by molar-refractivity contribution is -0.125. The van der Waals surface area contributed by atoms with Crippen LogP contribution < -0.4 is 10.1 Å². The lowest BCUT2D eigenvalue weighted by Crippen LogP contribution is -2.36. The van der Waals surface area contributed by atoms with Crippen LogP contribution in [0, 0.1) is 38.4 Å². The molecule has 3 rings (SSSR count). The summed E-state index contributed by atoms with van der Waals surface area (Å²) in [6.07, 6.45) is 5.24. The zero-order chi connectivity index (χ0) is 31.7. The molecule has 1 N–H and O–H groups in total. The van der Waals surface area contributed by atoms with E-state index in [4.69, 9.17) is 9.47 Å². The van der Waals surface area contributed by atoms with Crippen molar-refractivity contribution in [2.45, 2.75) is 70.7 Å². The fourth-order valence-electron chi connectivity index (χ4n) is 6.48. The lowest BCUT2D eigenvalue weighted by atomic mass is 9.75. The average Bonchev–Trinajstić information content (AvgIpc) is 2.95. The summed E-state index contributed by atoms with van der Waals surface area (Å²) in [5, 5.41) is 2.95. The van der Waals surface area contributed by atoms with Gasteiger partial charge >= 0.3 is 0 Å². The molecule has 2 aromatic carbocycles. The Labute approximate surface area is 258 Å². The van der Waals surface area contributed by atoms with Crippen molar-refractivity contribution in [3.8, 4) is 5.75 Å². The summed E-state index contributed by atoms with van der Waals surface area (Å²) in [4.78, 5) is 14.9. The Morgan fingerprint density at radius 2 is 1.79 bits per heavy atom. The molecule has 1 aliphatic rings. The molecular weight excluding hydrogens is 569 g/mol. The maximum atomic E-state index is 13.9. The topological polar surface area (TPSA) is 88.2 Å². The number of carbonyl (C=O) groups is 1. The van der Waals surface area contributed by atoms with Gasteiger partial charge in [0.15, 0.2) is 0 Å². The Hall–Kier alpha value is -2.53. The van der Waals surface area contributed by atoms with Crippen LogP contribution in [0.3, 0.4) is 0 Å². The van der Waals surface area contributed by atoms with Gasteiger partial charge < -0.3 is 19.7 Å². The summed E-state index contributed by atoms with van der Waals surface area (Å²) >= 11 is 0. The minimum absolute atomic E-state index is 0.109. The Kier molecular flexibility index (Phi) is 13.0. The molecule has 1 saturated carbocycles. The molecule has 240 valence electrons. The number of nitrogens with zero attached hydrogens (tertiary/aromatic N) is 2. The van der Waals surface area contributed by atoms with Crippen LogP contribution in [0.25, 0.3) is 0 Å². The average molecular weight is 620 g/mol. The van der Waals surface area contributed by atoms with Crippen molar-refractivity contribution in [3.63, 3.8) is 0 Å². The van der Waals surface area contributed by atoms with E-state index in [9.17, 15) is 17.6 Å². The highest BCUT2D eigenvalue weighted by Gasteiger charge is 2.31. The molecule has 1 atom stereocenters. The summed E-state index contributed by atoms with van der Waals surface area (Å²) < 4.78 is 53.2. The van der Waals surface area contributed by atoms with Gasteiger partial charge in [0.25, 0.3) is 0 Å². The van der Waals surface area contributed by atoms with Gasteiger partial charge in [-0.1, -0.05) is 31.9 Å². The van der Waals surface area contributed by atoms with Gasteiger partial charge in [0.05, 0.1) is 18.6 Å². The minimum atomic E-state index is -3.74. The SMILES string of the molecule is CCN(CCOCC(=O)NCCC1CCC(C(c2cccc(F)c2)N(C)C)CC1)S(=O)(=O)c1c(C)cc(OC)c(C)c1C. The number of halogens is 1. The number of sulfonamides is 1. The normalized spacial score (nSPS) is 18.2. The van der Waals surface area contributed by atoms with Crippen molar-refractivity contribution in [2.75, 3.05) is 54.1 Å². The van der Waals surface area contributed by atoms with Gasteiger partial charge in [0.1, 0.15) is 18.2 Å². The molecular formula is C33H50FN3O5S. The molecule has 1 aliphatic carbocycles. The number of likely N-dealkylation sites (N-methyl/N-ethyl adjacent to an activating group) is 1. The smallest absolute Gasteiger partial charge is 0.245 e. The molecule has 0 heterocycles. The number of hydrogen-bond acceptors (Lipinski definition) is 6. The molecule has 0 aliphatic heterocycles. The number of hydrogen-bond donors (Lipinski definition) is 1. The molecule has 8 nitrogen and oxygen atoms in total. The van der Waals surface area contributed by atoms with Gasteiger partial charge in [0.2, 0.25) is 15.9 Å². The highest BCUT2D eigenvalue weighted by Crippen LogP contribution is 2.40. The van der Waals surface area contributed by atoms with Crippen molar-refractivity contribution >= 4 is 15.9 Å². The number of nitrogens with one attached hydrogen (secondary N) is 1. The molecule has 0 spiro atoms. The third-order valence-corrected chi connectivity index (χ3v) is 11.1. The first-order chi connectivity index (χ1) is 20.4. The molecule has 0 saturated heterocycles. The lowest BCUT2D eigenvalue weighted by Gasteiger charge is -2.37. The van der Waals surface area contributed by atoms with Gasteiger partial charge in [-0.15, -0.1) is 0 Å². The van der Waals surface area contributed by atoms with E-state index in [1.807, 2.05) is 13.0 Å². The second kappa shape index (κ2) is 16.0. The zero-order valence-electron chi connectivity index (χ0n) is 26.9. The van der Waals surface area contributed by atoms with E-state index < -0.39 is 10.0 Å². The predicted octanol–water partition coefficient (Wildman–Crippen LogP) is 5.40. The van der Waals surface area contributed by atoms with Crippen LogP contribution in [0.4, 0.5) is 4.39 Å². The molecule has 0 radical (unpaired) electrons. The molecule has 10 heteroatoms. The van der Waals surface area contributed by atoms with Crippen molar-refractivity contribution in [2.24, 2.45) is 11.8 Å². The van der Waals surface area contributed by atoms with Crippen molar-refractivity contribution in [1.29, 1.82) is 0 Å². The summed E-state index contributed by atoms with van der Waals surface area (Å²) in [5.41, 5.74) is 3.14. The molecule has 0 aromatic heterocycles. The largest absolute Gasteiger partial charge is 0.496 e. The third-order valence-electron chi connectivity index (χ3n) is 8.83. The number of ether oxygens (including phenoxy) is 2. The summed E-state index contributed by atoms with van der Waals surface area (Å²) in [5.74, 6) is 1.29. The van der Waals surface area contributed by atoms with Crippen molar-refractivity contribution in [3.05, 3.63) is 58.4 Å². The van der Waals surface area contributed by atoms with Crippen LogP contribution in [-0.4, -0.2) is 77.6 Å². The number of amides is 1. The number of rotatable bonds is 15. The zero-order valence-corrected chi connectivity index (χ0v) is 27.7. The predicted molar refractivity (Wildman–Crippen MR) is 168 cm³/mol.